The number of anilines is 2. The first-order valence-corrected chi connectivity index (χ1v) is 12.7. The minimum Gasteiger partial charge on any atom is -0.444 e. The lowest BCUT2D eigenvalue weighted by Crippen LogP contribution is -2.54. The van der Waals surface area contributed by atoms with Gasteiger partial charge < -0.3 is 24.0 Å². The van der Waals surface area contributed by atoms with Gasteiger partial charge in [-0.25, -0.2) is 14.8 Å². The molecule has 2 aliphatic heterocycles. The molecule has 3 fully saturated rings. The Morgan fingerprint density at radius 2 is 1.76 bits per heavy atom. The van der Waals surface area contributed by atoms with Crippen molar-refractivity contribution >= 4 is 28.6 Å². The smallest absolute Gasteiger partial charge is 0.410 e. The first-order chi connectivity index (χ1) is 15.8. The monoisotopic (exact) mass is 454 g/mol. The van der Waals surface area contributed by atoms with Gasteiger partial charge in [0.05, 0.1) is 11.1 Å². The minimum absolute atomic E-state index is 0.144. The number of fused-ring (bicyclic) bond motifs is 1. The molecule has 2 aromatic heterocycles. The fourth-order valence-corrected chi connectivity index (χ4v) is 5.69. The van der Waals surface area contributed by atoms with Crippen LogP contribution < -0.4 is 9.80 Å². The van der Waals surface area contributed by atoms with Crippen molar-refractivity contribution in [3.05, 3.63) is 12.5 Å². The Kier molecular flexibility index (Phi) is 5.87. The average Bonchev–Trinajstić information content (AvgIpc) is 3.52. The summed E-state index contributed by atoms with van der Waals surface area (Å²) in [5.74, 6) is 1.01. The molecule has 8 nitrogen and oxygen atoms in total. The van der Waals surface area contributed by atoms with Crippen molar-refractivity contribution in [3.63, 3.8) is 0 Å². The third-order valence-corrected chi connectivity index (χ3v) is 7.29. The number of hydrogen-bond acceptors (Lipinski definition) is 6. The van der Waals surface area contributed by atoms with Crippen LogP contribution in [0.15, 0.2) is 12.5 Å². The average molecular weight is 455 g/mol. The van der Waals surface area contributed by atoms with E-state index in [9.17, 15) is 4.79 Å². The van der Waals surface area contributed by atoms with Crippen molar-refractivity contribution in [1.82, 2.24) is 19.4 Å². The maximum absolute atomic E-state index is 12.6. The summed E-state index contributed by atoms with van der Waals surface area (Å²) in [4.78, 5) is 29.0. The fraction of sp³-hybridized carbons (Fsp3) is 0.720. The molecule has 0 bridgehead atoms. The highest BCUT2D eigenvalue weighted by atomic mass is 16.6. The summed E-state index contributed by atoms with van der Waals surface area (Å²) >= 11 is 0. The van der Waals surface area contributed by atoms with Gasteiger partial charge in [0.1, 0.15) is 23.4 Å². The van der Waals surface area contributed by atoms with Crippen LogP contribution in [0, 0.1) is 0 Å². The van der Waals surface area contributed by atoms with E-state index in [0.29, 0.717) is 19.1 Å². The van der Waals surface area contributed by atoms with Crippen LogP contribution in [0.25, 0.3) is 11.0 Å². The molecule has 1 saturated carbocycles. The van der Waals surface area contributed by atoms with Gasteiger partial charge in [0.25, 0.3) is 0 Å². The Labute approximate surface area is 196 Å². The predicted molar refractivity (Wildman–Crippen MR) is 131 cm³/mol. The Balaban J connectivity index is 1.47. The molecule has 1 atom stereocenters. The van der Waals surface area contributed by atoms with Crippen LogP contribution in [0.1, 0.15) is 72.3 Å². The molecule has 2 saturated heterocycles. The summed E-state index contributed by atoms with van der Waals surface area (Å²) in [6, 6.07) is 0.679. The van der Waals surface area contributed by atoms with Gasteiger partial charge in [-0.3, -0.25) is 0 Å². The van der Waals surface area contributed by atoms with Gasteiger partial charge in [-0.1, -0.05) is 12.8 Å². The summed E-state index contributed by atoms with van der Waals surface area (Å²) in [5.41, 5.74) is 1.87. The van der Waals surface area contributed by atoms with Crippen molar-refractivity contribution in [2.45, 2.75) is 83.9 Å². The maximum atomic E-state index is 12.6. The summed E-state index contributed by atoms with van der Waals surface area (Å²) in [5, 5.41) is 1.18. The molecule has 1 amide bonds. The molecule has 3 aliphatic rings. The molecule has 1 unspecified atom stereocenters. The molecule has 0 radical (unpaired) electrons. The molecule has 33 heavy (non-hydrogen) atoms. The van der Waals surface area contributed by atoms with Crippen molar-refractivity contribution < 1.29 is 9.53 Å². The molecule has 8 heteroatoms. The second kappa shape index (κ2) is 8.69. The molecule has 0 aromatic carbocycles. The Hall–Kier alpha value is -2.51. The number of aromatic nitrogens is 3. The molecule has 4 heterocycles. The van der Waals surface area contributed by atoms with Crippen molar-refractivity contribution in [2.75, 3.05) is 42.5 Å². The highest BCUT2D eigenvalue weighted by Crippen LogP contribution is 2.41. The zero-order chi connectivity index (χ0) is 23.2. The van der Waals surface area contributed by atoms with Gasteiger partial charge in [0.2, 0.25) is 0 Å². The normalized spacial score (nSPS) is 22.5. The zero-order valence-electron chi connectivity index (χ0n) is 20.6. The van der Waals surface area contributed by atoms with Gasteiger partial charge in [0, 0.05) is 51.0 Å². The summed E-state index contributed by atoms with van der Waals surface area (Å²) in [6.07, 6.45) is 11.4. The van der Waals surface area contributed by atoms with Crippen molar-refractivity contribution in [1.29, 1.82) is 0 Å². The predicted octanol–water partition coefficient (Wildman–Crippen LogP) is 4.59. The largest absolute Gasteiger partial charge is 0.444 e. The molecule has 5 rings (SSSR count). The van der Waals surface area contributed by atoms with Gasteiger partial charge >= 0.3 is 6.09 Å². The topological polar surface area (TPSA) is 66.7 Å². The lowest BCUT2D eigenvalue weighted by Gasteiger charge is -2.41. The van der Waals surface area contributed by atoms with Crippen molar-refractivity contribution in [3.8, 4) is 0 Å². The summed E-state index contributed by atoms with van der Waals surface area (Å²) < 4.78 is 8.05. The van der Waals surface area contributed by atoms with Crippen LogP contribution in [0.2, 0.25) is 0 Å². The third-order valence-electron chi connectivity index (χ3n) is 7.29. The third kappa shape index (κ3) is 4.36. The Morgan fingerprint density at radius 3 is 2.42 bits per heavy atom. The van der Waals surface area contributed by atoms with Gasteiger partial charge in [0.15, 0.2) is 0 Å². The van der Waals surface area contributed by atoms with Crippen molar-refractivity contribution in [2.24, 2.45) is 0 Å². The Bertz CT molecular complexity index is 1000. The lowest BCUT2D eigenvalue weighted by molar-refractivity contribution is 0.0218. The molecule has 0 spiro atoms. The number of hydrogen-bond donors (Lipinski definition) is 0. The van der Waals surface area contributed by atoms with E-state index in [1.54, 1.807) is 6.33 Å². The standard InChI is InChI=1S/C25H38N6O2/c1-18-15-29(24(32)33-25(2,3)4)13-14-30(18)22-21-20(28-11-7-8-12-28)16-31(19-9-5-6-10-19)23(21)27-17-26-22/h16-19H,5-15H2,1-4H3. The number of nitrogens with zero attached hydrogens (tertiary/aromatic N) is 6. The van der Waals surface area contributed by atoms with Crippen LogP contribution in [-0.4, -0.2) is 69.9 Å². The number of carbonyl (C=O) groups excluding carboxylic acids is 1. The minimum atomic E-state index is -0.482. The summed E-state index contributed by atoms with van der Waals surface area (Å²) in [6.45, 7) is 12.1. The maximum Gasteiger partial charge on any atom is 0.410 e. The summed E-state index contributed by atoms with van der Waals surface area (Å²) in [7, 11) is 0. The molecule has 1 aliphatic carbocycles. The lowest BCUT2D eigenvalue weighted by atomic mass is 10.1. The molecular weight excluding hydrogens is 416 g/mol. The quantitative estimate of drug-likeness (QED) is 0.676. The van der Waals surface area contributed by atoms with Crippen LogP contribution >= 0.6 is 0 Å². The van der Waals surface area contributed by atoms with Crippen LogP contribution in [0.5, 0.6) is 0 Å². The van der Waals surface area contributed by atoms with E-state index in [-0.39, 0.29) is 12.1 Å². The fourth-order valence-electron chi connectivity index (χ4n) is 5.69. The number of carbonyl (C=O) groups is 1. The SMILES string of the molecule is CC1CN(C(=O)OC(C)(C)C)CCN1c1ncnc2c1c(N1CCCC1)cn2C1CCCC1. The van der Waals surface area contributed by atoms with Crippen LogP contribution in [-0.2, 0) is 4.74 Å². The second-order valence-electron chi connectivity index (χ2n) is 10.9. The first kappa shape index (κ1) is 22.3. The van der Waals surface area contributed by atoms with Crippen LogP contribution in [0.3, 0.4) is 0 Å². The van der Waals surface area contributed by atoms with E-state index in [0.717, 1.165) is 31.1 Å². The van der Waals surface area contributed by atoms with Gasteiger partial charge in [-0.05, 0) is 53.4 Å². The molecular formula is C25H38N6O2. The molecule has 0 N–H and O–H groups in total. The Morgan fingerprint density at radius 1 is 1.03 bits per heavy atom. The highest BCUT2D eigenvalue weighted by Gasteiger charge is 2.33. The number of rotatable bonds is 3. The van der Waals surface area contributed by atoms with Crippen LogP contribution in [0.4, 0.5) is 16.3 Å². The van der Waals surface area contributed by atoms with E-state index >= 15 is 0 Å². The zero-order valence-corrected chi connectivity index (χ0v) is 20.6. The number of amides is 1. The van der Waals surface area contributed by atoms with E-state index in [4.69, 9.17) is 14.7 Å². The van der Waals surface area contributed by atoms with Gasteiger partial charge in [-0.2, -0.15) is 0 Å². The van der Waals surface area contributed by atoms with Gasteiger partial charge in [-0.15, -0.1) is 0 Å². The first-order valence-electron chi connectivity index (χ1n) is 12.7. The number of ether oxygens (including phenoxy) is 1. The van der Waals surface area contributed by atoms with E-state index in [2.05, 4.69) is 27.5 Å². The van der Waals surface area contributed by atoms with E-state index < -0.39 is 5.60 Å². The van der Waals surface area contributed by atoms with E-state index in [1.807, 2.05) is 25.7 Å². The second-order valence-corrected chi connectivity index (χ2v) is 10.9. The molecule has 2 aromatic rings. The number of piperazine rings is 1. The van der Waals surface area contributed by atoms with E-state index in [1.165, 1.54) is 49.6 Å². The molecule has 180 valence electrons. The highest BCUT2D eigenvalue weighted by molar-refractivity contribution is 6.00.